The third-order valence-electron chi connectivity index (χ3n) is 2.08. The van der Waals surface area contributed by atoms with Crippen LogP contribution in [0.2, 0.25) is 0 Å². The van der Waals surface area contributed by atoms with Crippen LogP contribution in [-0.4, -0.2) is 19.7 Å². The van der Waals surface area contributed by atoms with Crippen LogP contribution in [0.15, 0.2) is 30.7 Å². The monoisotopic (exact) mass is 234 g/mol. The van der Waals surface area contributed by atoms with Gasteiger partial charge in [-0.25, -0.2) is 4.98 Å². The number of aromatic nitrogens is 3. The lowest BCUT2D eigenvalue weighted by Crippen LogP contribution is -1.97. The molecule has 0 aromatic carbocycles. The number of ether oxygens (including phenoxy) is 1. The van der Waals surface area contributed by atoms with Crippen molar-refractivity contribution in [3.63, 3.8) is 0 Å². The molecule has 2 heterocycles. The van der Waals surface area contributed by atoms with E-state index in [1.54, 1.807) is 10.9 Å². The first-order valence-electron chi connectivity index (χ1n) is 4.86. The zero-order valence-electron chi connectivity index (χ0n) is 9.11. The Morgan fingerprint density at radius 1 is 1.47 bits per heavy atom. The molecule has 0 aliphatic rings. The van der Waals surface area contributed by atoms with E-state index in [0.717, 1.165) is 5.56 Å². The summed E-state index contributed by atoms with van der Waals surface area (Å²) in [7, 11) is 1.81. The summed E-state index contributed by atoms with van der Waals surface area (Å²) in [6.45, 7) is 0.332. The summed E-state index contributed by atoms with van der Waals surface area (Å²) >= 11 is 0. The molecule has 7 nitrogen and oxygen atoms in total. The van der Waals surface area contributed by atoms with Crippen molar-refractivity contribution in [2.75, 3.05) is 0 Å². The van der Waals surface area contributed by atoms with Crippen molar-refractivity contribution in [3.05, 3.63) is 46.4 Å². The van der Waals surface area contributed by atoms with E-state index in [0.29, 0.717) is 12.5 Å². The topological polar surface area (TPSA) is 83.1 Å². The maximum Gasteiger partial charge on any atom is 0.287 e. The number of pyridine rings is 1. The molecule has 2 aromatic rings. The zero-order chi connectivity index (χ0) is 12.3. The SMILES string of the molecule is Cn1cc(COc2ccc([N+](=O)[O-])cn2)cn1. The number of hydrogen-bond acceptors (Lipinski definition) is 5. The van der Waals surface area contributed by atoms with Crippen LogP contribution in [0.3, 0.4) is 0 Å². The minimum absolute atomic E-state index is 0.0567. The summed E-state index contributed by atoms with van der Waals surface area (Å²) in [4.78, 5) is 13.7. The van der Waals surface area contributed by atoms with Gasteiger partial charge < -0.3 is 4.74 Å². The Morgan fingerprint density at radius 2 is 2.29 bits per heavy atom. The van der Waals surface area contributed by atoms with Crippen molar-refractivity contribution in [1.82, 2.24) is 14.8 Å². The number of aryl methyl sites for hydroxylation is 1. The molecule has 0 unspecified atom stereocenters. The number of rotatable bonds is 4. The average molecular weight is 234 g/mol. The summed E-state index contributed by atoms with van der Waals surface area (Å²) < 4.78 is 7.02. The van der Waals surface area contributed by atoms with E-state index in [4.69, 9.17) is 4.74 Å². The Bertz CT molecular complexity index is 521. The highest BCUT2D eigenvalue weighted by atomic mass is 16.6. The van der Waals surface area contributed by atoms with Gasteiger partial charge in [0.2, 0.25) is 5.88 Å². The van der Waals surface area contributed by atoms with Gasteiger partial charge in [-0.2, -0.15) is 5.10 Å². The first kappa shape index (κ1) is 11.1. The lowest BCUT2D eigenvalue weighted by atomic mass is 10.4. The fraction of sp³-hybridized carbons (Fsp3) is 0.200. The summed E-state index contributed by atoms with van der Waals surface area (Å²) in [6, 6.07) is 2.82. The van der Waals surface area contributed by atoms with Crippen LogP contribution in [0.4, 0.5) is 5.69 Å². The van der Waals surface area contributed by atoms with Gasteiger partial charge in [0.25, 0.3) is 5.69 Å². The van der Waals surface area contributed by atoms with Gasteiger partial charge in [0.15, 0.2) is 0 Å². The van der Waals surface area contributed by atoms with Crippen molar-refractivity contribution in [3.8, 4) is 5.88 Å². The first-order valence-corrected chi connectivity index (χ1v) is 4.86. The van der Waals surface area contributed by atoms with Gasteiger partial charge in [0.1, 0.15) is 12.8 Å². The van der Waals surface area contributed by atoms with Crippen LogP contribution >= 0.6 is 0 Å². The summed E-state index contributed by atoms with van der Waals surface area (Å²) in [5, 5.41) is 14.4. The van der Waals surface area contributed by atoms with Gasteiger partial charge in [0, 0.05) is 30.9 Å². The molecule has 0 atom stereocenters. The highest BCUT2D eigenvalue weighted by Gasteiger charge is 2.06. The van der Waals surface area contributed by atoms with E-state index in [1.807, 2.05) is 13.2 Å². The molecule has 0 saturated heterocycles. The lowest BCUT2D eigenvalue weighted by Gasteiger charge is -2.02. The van der Waals surface area contributed by atoms with Crippen molar-refractivity contribution in [2.45, 2.75) is 6.61 Å². The van der Waals surface area contributed by atoms with Gasteiger partial charge >= 0.3 is 0 Å². The van der Waals surface area contributed by atoms with Gasteiger partial charge in [-0.1, -0.05) is 0 Å². The minimum Gasteiger partial charge on any atom is -0.473 e. The molecule has 0 aliphatic carbocycles. The highest BCUT2D eigenvalue weighted by molar-refractivity contribution is 5.28. The maximum absolute atomic E-state index is 10.4. The quantitative estimate of drug-likeness (QED) is 0.588. The predicted molar refractivity (Wildman–Crippen MR) is 58.4 cm³/mol. The van der Waals surface area contributed by atoms with E-state index < -0.39 is 4.92 Å². The van der Waals surface area contributed by atoms with Crippen LogP contribution in [0.5, 0.6) is 5.88 Å². The second kappa shape index (κ2) is 4.60. The number of nitro groups is 1. The van der Waals surface area contributed by atoms with Crippen molar-refractivity contribution < 1.29 is 9.66 Å². The van der Waals surface area contributed by atoms with Gasteiger partial charge in [0.05, 0.1) is 11.1 Å². The normalized spacial score (nSPS) is 10.2. The number of nitrogens with zero attached hydrogens (tertiary/aromatic N) is 4. The standard InChI is InChI=1S/C10H10N4O3/c1-13-6-8(4-12-13)7-17-10-3-2-9(5-11-10)14(15)16/h2-6H,7H2,1H3. The molecule has 0 aliphatic heterocycles. The van der Waals surface area contributed by atoms with Gasteiger partial charge in [-0.3, -0.25) is 14.8 Å². The Hall–Kier alpha value is -2.44. The molecule has 2 rings (SSSR count). The van der Waals surface area contributed by atoms with E-state index in [-0.39, 0.29) is 5.69 Å². The first-order chi connectivity index (χ1) is 8.15. The van der Waals surface area contributed by atoms with Crippen molar-refractivity contribution >= 4 is 5.69 Å². The Labute approximate surface area is 96.8 Å². The van der Waals surface area contributed by atoms with Crippen molar-refractivity contribution in [1.29, 1.82) is 0 Å². The van der Waals surface area contributed by atoms with Gasteiger partial charge in [-0.05, 0) is 0 Å². The molecule has 0 amide bonds. The van der Waals surface area contributed by atoms with E-state index in [2.05, 4.69) is 10.1 Å². The molecule has 0 bridgehead atoms. The van der Waals surface area contributed by atoms with Crippen LogP contribution in [0, 0.1) is 10.1 Å². The fourth-order valence-electron chi connectivity index (χ4n) is 1.27. The summed E-state index contributed by atoms with van der Waals surface area (Å²) in [5.74, 6) is 0.347. The fourth-order valence-corrected chi connectivity index (χ4v) is 1.27. The zero-order valence-corrected chi connectivity index (χ0v) is 9.11. The highest BCUT2D eigenvalue weighted by Crippen LogP contribution is 2.14. The predicted octanol–water partition coefficient (Wildman–Crippen LogP) is 1.30. The van der Waals surface area contributed by atoms with E-state index >= 15 is 0 Å². The lowest BCUT2D eigenvalue weighted by molar-refractivity contribution is -0.385. The molecule has 88 valence electrons. The molecule has 2 aromatic heterocycles. The molecule has 0 spiro atoms. The number of hydrogen-bond donors (Lipinski definition) is 0. The third kappa shape index (κ3) is 2.77. The van der Waals surface area contributed by atoms with Crippen molar-refractivity contribution in [2.24, 2.45) is 7.05 Å². The maximum atomic E-state index is 10.4. The minimum atomic E-state index is -0.502. The molecule has 7 heteroatoms. The Morgan fingerprint density at radius 3 is 2.82 bits per heavy atom. The van der Waals surface area contributed by atoms with E-state index in [9.17, 15) is 10.1 Å². The smallest absolute Gasteiger partial charge is 0.287 e. The van der Waals surface area contributed by atoms with Crippen LogP contribution < -0.4 is 4.74 Å². The molecule has 0 fully saturated rings. The van der Waals surface area contributed by atoms with E-state index in [1.165, 1.54) is 18.3 Å². The van der Waals surface area contributed by atoms with Crippen LogP contribution in [0.1, 0.15) is 5.56 Å². The molecular weight excluding hydrogens is 224 g/mol. The van der Waals surface area contributed by atoms with Gasteiger partial charge in [-0.15, -0.1) is 0 Å². The second-order valence-corrected chi connectivity index (χ2v) is 3.42. The Balaban J connectivity index is 1.97. The second-order valence-electron chi connectivity index (χ2n) is 3.42. The molecular formula is C10H10N4O3. The molecule has 0 radical (unpaired) electrons. The van der Waals surface area contributed by atoms with Crippen LogP contribution in [-0.2, 0) is 13.7 Å². The largest absolute Gasteiger partial charge is 0.473 e. The summed E-state index contributed by atoms with van der Waals surface area (Å²) in [6.07, 6.45) is 4.68. The molecule has 0 saturated carbocycles. The third-order valence-corrected chi connectivity index (χ3v) is 2.08. The Kier molecular flexibility index (Phi) is 2.99. The summed E-state index contributed by atoms with van der Waals surface area (Å²) in [5.41, 5.74) is 0.853. The molecule has 17 heavy (non-hydrogen) atoms. The molecule has 0 N–H and O–H groups in total. The average Bonchev–Trinajstić information content (AvgIpc) is 2.73. The van der Waals surface area contributed by atoms with Crippen LogP contribution in [0.25, 0.3) is 0 Å².